The van der Waals surface area contributed by atoms with Crippen LogP contribution in [0, 0.1) is 5.82 Å². The number of halogens is 1. The van der Waals surface area contributed by atoms with Crippen molar-refractivity contribution in [2.75, 3.05) is 5.75 Å². The Hall–Kier alpha value is -1.82. The zero-order chi connectivity index (χ0) is 13.7. The molecule has 1 aromatic heterocycles. The molecule has 0 radical (unpaired) electrons. The van der Waals surface area contributed by atoms with Crippen molar-refractivity contribution in [2.45, 2.75) is 18.1 Å². The summed E-state index contributed by atoms with van der Waals surface area (Å²) in [6, 6.07) is 6.36. The number of aryl methyl sites for hydroxylation is 2. The molecule has 6 heteroatoms. The summed E-state index contributed by atoms with van der Waals surface area (Å²) in [5.41, 5.74) is 1.03. The summed E-state index contributed by atoms with van der Waals surface area (Å²) in [6.07, 6.45) is 4.21. The molecule has 19 heavy (non-hydrogen) atoms. The molecule has 0 saturated carbocycles. The third kappa shape index (κ3) is 4.10. The minimum Gasteiger partial charge on any atom is -0.481 e. The number of aliphatic carboxylic acids is 1. The first kappa shape index (κ1) is 13.6. The molecule has 2 aromatic rings. The fourth-order valence-corrected chi connectivity index (χ4v) is 2.34. The molecule has 0 fully saturated rings. The summed E-state index contributed by atoms with van der Waals surface area (Å²) in [7, 11) is 0. The Kier molecular flexibility index (Phi) is 4.57. The number of imidazole rings is 1. The van der Waals surface area contributed by atoms with E-state index in [9.17, 15) is 9.18 Å². The van der Waals surface area contributed by atoms with E-state index in [0.717, 1.165) is 12.0 Å². The highest BCUT2D eigenvalue weighted by molar-refractivity contribution is 7.99. The van der Waals surface area contributed by atoms with E-state index in [-0.39, 0.29) is 11.6 Å². The van der Waals surface area contributed by atoms with Gasteiger partial charge in [0, 0.05) is 18.9 Å². The first-order chi connectivity index (χ1) is 9.15. The molecule has 0 aliphatic carbocycles. The molecule has 0 spiro atoms. The maximum absolute atomic E-state index is 12.8. The Bertz CT molecular complexity index is 554. The summed E-state index contributed by atoms with van der Waals surface area (Å²) in [4.78, 5) is 14.6. The van der Waals surface area contributed by atoms with Crippen molar-refractivity contribution in [1.29, 1.82) is 0 Å². The van der Waals surface area contributed by atoms with E-state index in [0.29, 0.717) is 11.7 Å². The molecule has 1 N–H and O–H groups in total. The first-order valence-corrected chi connectivity index (χ1v) is 6.74. The van der Waals surface area contributed by atoms with Gasteiger partial charge in [-0.1, -0.05) is 23.9 Å². The maximum Gasteiger partial charge on any atom is 0.313 e. The highest BCUT2D eigenvalue weighted by Gasteiger charge is 2.06. The SMILES string of the molecule is O=C(O)CSc1nccn1CCc1ccc(F)cc1. The predicted molar refractivity (Wildman–Crippen MR) is 70.7 cm³/mol. The number of hydrogen-bond acceptors (Lipinski definition) is 3. The quantitative estimate of drug-likeness (QED) is 0.826. The number of benzene rings is 1. The van der Waals surface area contributed by atoms with Crippen LogP contribution in [0.3, 0.4) is 0 Å². The van der Waals surface area contributed by atoms with Crippen molar-refractivity contribution < 1.29 is 14.3 Å². The number of rotatable bonds is 6. The molecule has 0 atom stereocenters. The first-order valence-electron chi connectivity index (χ1n) is 5.75. The predicted octanol–water partition coefficient (Wildman–Crippen LogP) is 2.44. The van der Waals surface area contributed by atoms with E-state index in [1.807, 2.05) is 10.8 Å². The second-order valence-electron chi connectivity index (χ2n) is 3.96. The van der Waals surface area contributed by atoms with E-state index in [1.54, 1.807) is 18.3 Å². The average Bonchev–Trinajstić information content (AvgIpc) is 2.83. The van der Waals surface area contributed by atoms with E-state index in [4.69, 9.17) is 5.11 Å². The van der Waals surface area contributed by atoms with Crippen LogP contribution in [-0.2, 0) is 17.8 Å². The zero-order valence-corrected chi connectivity index (χ0v) is 10.9. The monoisotopic (exact) mass is 280 g/mol. The Morgan fingerprint density at radius 2 is 2.11 bits per heavy atom. The Labute approximate surface area is 114 Å². The highest BCUT2D eigenvalue weighted by Crippen LogP contribution is 2.16. The van der Waals surface area contributed by atoms with E-state index >= 15 is 0 Å². The van der Waals surface area contributed by atoms with Crippen LogP contribution in [0.1, 0.15) is 5.56 Å². The number of carboxylic acid groups (broad SMARTS) is 1. The van der Waals surface area contributed by atoms with Crippen molar-refractivity contribution in [3.05, 3.63) is 48.0 Å². The Morgan fingerprint density at radius 3 is 2.79 bits per heavy atom. The summed E-state index contributed by atoms with van der Waals surface area (Å²) >= 11 is 1.19. The third-order valence-corrected chi connectivity index (χ3v) is 3.55. The van der Waals surface area contributed by atoms with Gasteiger partial charge >= 0.3 is 5.97 Å². The molecule has 0 amide bonds. The van der Waals surface area contributed by atoms with Crippen LogP contribution in [-0.4, -0.2) is 26.4 Å². The molecular formula is C13H13FN2O2S. The zero-order valence-electron chi connectivity index (χ0n) is 10.1. The van der Waals surface area contributed by atoms with Crippen molar-refractivity contribution in [3.8, 4) is 0 Å². The van der Waals surface area contributed by atoms with Gasteiger partial charge in [0.15, 0.2) is 5.16 Å². The Morgan fingerprint density at radius 1 is 1.37 bits per heavy atom. The molecule has 2 rings (SSSR count). The lowest BCUT2D eigenvalue weighted by atomic mass is 10.1. The van der Waals surface area contributed by atoms with Gasteiger partial charge in [0.1, 0.15) is 5.82 Å². The lowest BCUT2D eigenvalue weighted by Crippen LogP contribution is -2.04. The average molecular weight is 280 g/mol. The van der Waals surface area contributed by atoms with Gasteiger partial charge in [-0.15, -0.1) is 0 Å². The number of thioether (sulfide) groups is 1. The number of carboxylic acids is 1. The van der Waals surface area contributed by atoms with Crippen molar-refractivity contribution >= 4 is 17.7 Å². The largest absolute Gasteiger partial charge is 0.481 e. The molecule has 0 unspecified atom stereocenters. The van der Waals surface area contributed by atoms with Gasteiger partial charge in [-0.3, -0.25) is 4.79 Å². The minimum absolute atomic E-state index is 0.00639. The molecule has 100 valence electrons. The van der Waals surface area contributed by atoms with E-state index in [2.05, 4.69) is 4.98 Å². The summed E-state index contributed by atoms with van der Waals surface area (Å²) in [5.74, 6) is -1.12. The molecule has 0 aliphatic rings. The number of hydrogen-bond donors (Lipinski definition) is 1. The second-order valence-corrected chi connectivity index (χ2v) is 4.90. The molecule has 0 aliphatic heterocycles. The van der Waals surface area contributed by atoms with Crippen LogP contribution in [0.25, 0.3) is 0 Å². The number of nitrogens with zero attached hydrogens (tertiary/aromatic N) is 2. The van der Waals surface area contributed by atoms with Gasteiger partial charge in [-0.05, 0) is 24.1 Å². The summed E-state index contributed by atoms with van der Waals surface area (Å²) in [5, 5.41) is 9.33. The molecule has 1 aromatic carbocycles. The van der Waals surface area contributed by atoms with Gasteiger partial charge in [-0.25, -0.2) is 9.37 Å². The van der Waals surface area contributed by atoms with Gasteiger partial charge < -0.3 is 9.67 Å². The van der Waals surface area contributed by atoms with Crippen LogP contribution in [0.4, 0.5) is 4.39 Å². The van der Waals surface area contributed by atoms with Crippen LogP contribution in [0.5, 0.6) is 0 Å². The third-order valence-electron chi connectivity index (χ3n) is 2.56. The molecule has 4 nitrogen and oxygen atoms in total. The number of aromatic nitrogens is 2. The summed E-state index contributed by atoms with van der Waals surface area (Å²) < 4.78 is 14.7. The fraction of sp³-hybridized carbons (Fsp3) is 0.231. The van der Waals surface area contributed by atoms with Crippen molar-refractivity contribution in [3.63, 3.8) is 0 Å². The van der Waals surface area contributed by atoms with Crippen LogP contribution in [0.15, 0.2) is 41.8 Å². The number of carbonyl (C=O) groups is 1. The van der Waals surface area contributed by atoms with Crippen LogP contribution >= 0.6 is 11.8 Å². The Balaban J connectivity index is 1.94. The van der Waals surface area contributed by atoms with Crippen LogP contribution < -0.4 is 0 Å². The maximum atomic E-state index is 12.8. The molecule has 1 heterocycles. The molecular weight excluding hydrogens is 267 g/mol. The van der Waals surface area contributed by atoms with Crippen molar-refractivity contribution in [1.82, 2.24) is 9.55 Å². The van der Waals surface area contributed by atoms with E-state index in [1.165, 1.54) is 23.9 Å². The standard InChI is InChI=1S/C13H13FN2O2S/c14-11-3-1-10(2-4-11)5-7-16-8-6-15-13(16)19-9-12(17)18/h1-4,6,8H,5,7,9H2,(H,17,18). The van der Waals surface area contributed by atoms with Gasteiger partial charge in [0.05, 0.1) is 5.75 Å². The smallest absolute Gasteiger partial charge is 0.313 e. The highest BCUT2D eigenvalue weighted by atomic mass is 32.2. The van der Waals surface area contributed by atoms with Gasteiger partial charge in [0.25, 0.3) is 0 Å². The minimum atomic E-state index is -0.863. The lowest BCUT2D eigenvalue weighted by Gasteiger charge is -2.06. The van der Waals surface area contributed by atoms with Crippen molar-refractivity contribution in [2.24, 2.45) is 0 Å². The normalized spacial score (nSPS) is 10.6. The van der Waals surface area contributed by atoms with Crippen LogP contribution in [0.2, 0.25) is 0 Å². The topological polar surface area (TPSA) is 55.1 Å². The lowest BCUT2D eigenvalue weighted by molar-refractivity contribution is -0.133. The molecule has 0 saturated heterocycles. The fourth-order valence-electron chi connectivity index (χ4n) is 1.63. The molecule has 0 bridgehead atoms. The summed E-state index contributed by atoms with van der Waals surface area (Å²) in [6.45, 7) is 0.688. The van der Waals surface area contributed by atoms with Gasteiger partial charge in [0.2, 0.25) is 0 Å². The van der Waals surface area contributed by atoms with Gasteiger partial charge in [-0.2, -0.15) is 0 Å². The van der Waals surface area contributed by atoms with E-state index < -0.39 is 5.97 Å². The second kappa shape index (κ2) is 6.38.